The average molecular weight is 159 g/mol. The Morgan fingerprint density at radius 1 is 1.18 bits per heavy atom. The fourth-order valence-corrected chi connectivity index (χ4v) is 0.868. The average Bonchev–Trinajstić information content (AvgIpc) is 1.88. The molecule has 1 aromatic rings. The Balaban J connectivity index is 0. The van der Waals surface area contributed by atoms with Gasteiger partial charge >= 0.3 is 29.6 Å². The Kier molecular flexibility index (Phi) is 5.65. The van der Waals surface area contributed by atoms with Gasteiger partial charge in [-0.1, -0.05) is 18.2 Å². The summed E-state index contributed by atoms with van der Waals surface area (Å²) in [5.41, 5.74) is 1.19. The molecular formula is C9H14NNa. The molecule has 0 aliphatic heterocycles. The van der Waals surface area contributed by atoms with E-state index in [0.717, 1.165) is 0 Å². The predicted octanol–water partition coefficient (Wildman–Crippen LogP) is -0.377. The third kappa shape index (κ3) is 4.46. The summed E-state index contributed by atoms with van der Waals surface area (Å²) >= 11 is 0. The summed E-state index contributed by atoms with van der Waals surface area (Å²) in [6, 6.07) is 10.7. The van der Waals surface area contributed by atoms with Gasteiger partial charge in [-0.2, -0.15) is 0 Å². The molecule has 0 spiro atoms. The summed E-state index contributed by atoms with van der Waals surface area (Å²) in [7, 11) is 0. The number of anilines is 1. The Bertz CT molecular complexity index is 189. The zero-order valence-electron chi connectivity index (χ0n) is 8.46. The molecule has 0 saturated heterocycles. The van der Waals surface area contributed by atoms with Crippen molar-refractivity contribution in [2.24, 2.45) is 0 Å². The minimum atomic E-state index is 0. The molecule has 0 fully saturated rings. The number of para-hydroxylation sites is 1. The predicted molar refractivity (Wildman–Crippen MR) is 46.3 cm³/mol. The van der Waals surface area contributed by atoms with Gasteiger partial charge < -0.3 is 6.74 Å². The zero-order valence-corrected chi connectivity index (χ0v) is 9.46. The number of rotatable bonds is 2. The Labute approximate surface area is 92.0 Å². The summed E-state index contributed by atoms with van der Waals surface area (Å²) in [5, 5.41) is 3.30. The number of benzene rings is 1. The van der Waals surface area contributed by atoms with E-state index in [1.807, 2.05) is 18.2 Å². The van der Waals surface area contributed by atoms with E-state index >= 15 is 0 Å². The van der Waals surface area contributed by atoms with Crippen LogP contribution in [0.25, 0.3) is 0 Å². The molecule has 56 valence electrons. The van der Waals surface area contributed by atoms with E-state index in [9.17, 15) is 0 Å². The van der Waals surface area contributed by atoms with Gasteiger partial charge in [0.1, 0.15) is 0 Å². The summed E-state index contributed by atoms with van der Waals surface area (Å²) in [6.07, 6.45) is 0. The summed E-state index contributed by atoms with van der Waals surface area (Å²) < 4.78 is 0. The van der Waals surface area contributed by atoms with Crippen LogP contribution in [-0.4, -0.2) is 6.04 Å². The van der Waals surface area contributed by atoms with Gasteiger partial charge in [0.2, 0.25) is 0 Å². The van der Waals surface area contributed by atoms with Gasteiger partial charge in [0.25, 0.3) is 0 Å². The smallest absolute Gasteiger partial charge is 1.00 e. The number of hydrogen-bond acceptors (Lipinski definition) is 1. The molecule has 0 radical (unpaired) electrons. The standard InChI is InChI=1S/C9H13N.Na.H/c1-8(2)10-9-6-4-3-5-7-9;;/h3-8,10H,1-2H3;;/q;+1;-1. The van der Waals surface area contributed by atoms with Gasteiger partial charge in [-0.05, 0) is 26.0 Å². The molecule has 0 aliphatic carbocycles. The molecule has 0 unspecified atom stereocenters. The van der Waals surface area contributed by atoms with Crippen LogP contribution in [0.5, 0.6) is 0 Å². The molecule has 1 aromatic carbocycles. The molecule has 0 saturated carbocycles. The van der Waals surface area contributed by atoms with Crippen molar-refractivity contribution < 1.29 is 31.0 Å². The van der Waals surface area contributed by atoms with E-state index in [4.69, 9.17) is 0 Å². The normalized spacial score (nSPS) is 9.00. The number of nitrogens with one attached hydrogen (secondary N) is 1. The van der Waals surface area contributed by atoms with Gasteiger partial charge in [0.15, 0.2) is 0 Å². The fourth-order valence-electron chi connectivity index (χ4n) is 0.868. The molecule has 11 heavy (non-hydrogen) atoms. The van der Waals surface area contributed by atoms with E-state index in [1.165, 1.54) is 5.69 Å². The van der Waals surface area contributed by atoms with Crippen LogP contribution < -0.4 is 34.9 Å². The van der Waals surface area contributed by atoms with Crippen molar-refractivity contribution >= 4 is 5.69 Å². The molecular weight excluding hydrogens is 145 g/mol. The van der Waals surface area contributed by atoms with Crippen molar-refractivity contribution in [1.29, 1.82) is 0 Å². The Morgan fingerprint density at radius 3 is 2.18 bits per heavy atom. The van der Waals surface area contributed by atoms with E-state index < -0.39 is 0 Å². The second-order valence-electron chi connectivity index (χ2n) is 2.67. The van der Waals surface area contributed by atoms with Crippen LogP contribution >= 0.6 is 0 Å². The molecule has 0 atom stereocenters. The first-order chi connectivity index (χ1) is 4.79. The van der Waals surface area contributed by atoms with Gasteiger partial charge in [-0.15, -0.1) is 0 Å². The van der Waals surface area contributed by atoms with Crippen molar-refractivity contribution in [2.75, 3.05) is 5.32 Å². The fraction of sp³-hybridized carbons (Fsp3) is 0.333. The molecule has 0 aliphatic rings. The third-order valence-corrected chi connectivity index (χ3v) is 1.23. The first kappa shape index (κ1) is 11.0. The van der Waals surface area contributed by atoms with Gasteiger partial charge in [0, 0.05) is 11.7 Å². The minimum absolute atomic E-state index is 0. The topological polar surface area (TPSA) is 12.0 Å². The van der Waals surface area contributed by atoms with E-state index in [1.54, 1.807) is 0 Å². The maximum atomic E-state index is 3.30. The molecule has 0 bridgehead atoms. The Morgan fingerprint density at radius 2 is 1.73 bits per heavy atom. The third-order valence-electron chi connectivity index (χ3n) is 1.23. The van der Waals surface area contributed by atoms with E-state index in [-0.39, 0.29) is 31.0 Å². The van der Waals surface area contributed by atoms with Crippen LogP contribution in [0.2, 0.25) is 0 Å². The molecule has 2 heteroatoms. The first-order valence-corrected chi connectivity index (χ1v) is 3.60. The van der Waals surface area contributed by atoms with E-state index in [2.05, 4.69) is 31.3 Å². The van der Waals surface area contributed by atoms with Crippen LogP contribution in [0.3, 0.4) is 0 Å². The quantitative estimate of drug-likeness (QED) is 0.580. The second kappa shape index (κ2) is 5.64. The maximum absolute atomic E-state index is 3.30. The molecule has 1 nitrogen and oxygen atoms in total. The van der Waals surface area contributed by atoms with Crippen LogP contribution in [0.15, 0.2) is 30.3 Å². The van der Waals surface area contributed by atoms with Crippen molar-refractivity contribution in [1.82, 2.24) is 0 Å². The maximum Gasteiger partial charge on any atom is 1.00 e. The molecule has 1 rings (SSSR count). The zero-order chi connectivity index (χ0) is 7.40. The minimum Gasteiger partial charge on any atom is -1.00 e. The van der Waals surface area contributed by atoms with Crippen LogP contribution in [0.1, 0.15) is 15.3 Å². The number of hydrogen-bond donors (Lipinski definition) is 1. The second-order valence-corrected chi connectivity index (χ2v) is 2.67. The molecule has 0 amide bonds. The van der Waals surface area contributed by atoms with Gasteiger partial charge in [-0.25, -0.2) is 0 Å². The summed E-state index contributed by atoms with van der Waals surface area (Å²) in [4.78, 5) is 0. The van der Waals surface area contributed by atoms with E-state index in [0.29, 0.717) is 6.04 Å². The van der Waals surface area contributed by atoms with Crippen molar-refractivity contribution in [3.05, 3.63) is 30.3 Å². The first-order valence-electron chi connectivity index (χ1n) is 3.60. The summed E-state index contributed by atoms with van der Waals surface area (Å²) in [5.74, 6) is 0. The Hall–Kier alpha value is 0.0200. The van der Waals surface area contributed by atoms with Crippen LogP contribution in [-0.2, 0) is 0 Å². The molecule has 0 aromatic heterocycles. The van der Waals surface area contributed by atoms with Gasteiger partial charge in [-0.3, -0.25) is 0 Å². The van der Waals surface area contributed by atoms with Crippen LogP contribution in [0, 0.1) is 0 Å². The largest absolute Gasteiger partial charge is 1.00 e. The SMILES string of the molecule is CC(C)Nc1ccccc1.[H-].[Na+]. The molecule has 0 heterocycles. The van der Waals surface area contributed by atoms with Crippen molar-refractivity contribution in [3.63, 3.8) is 0 Å². The molecule has 1 N–H and O–H groups in total. The summed E-state index contributed by atoms with van der Waals surface area (Å²) in [6.45, 7) is 4.26. The van der Waals surface area contributed by atoms with Crippen LogP contribution in [0.4, 0.5) is 5.69 Å². The monoisotopic (exact) mass is 159 g/mol. The van der Waals surface area contributed by atoms with Crippen molar-refractivity contribution in [3.8, 4) is 0 Å². The van der Waals surface area contributed by atoms with Crippen molar-refractivity contribution in [2.45, 2.75) is 19.9 Å². The van der Waals surface area contributed by atoms with Gasteiger partial charge in [0.05, 0.1) is 0 Å².